The van der Waals surface area contributed by atoms with Crippen molar-refractivity contribution in [1.82, 2.24) is 0 Å². The Labute approximate surface area is 109 Å². The number of aryl methyl sites for hydroxylation is 2. The van der Waals surface area contributed by atoms with Crippen molar-refractivity contribution < 1.29 is 13.2 Å². The summed E-state index contributed by atoms with van der Waals surface area (Å²) in [7, 11) is 0. The first kappa shape index (κ1) is 13.6. The summed E-state index contributed by atoms with van der Waals surface area (Å²) in [5.74, 6) is -3.16. The maximum atomic E-state index is 13.7. The maximum absolute atomic E-state index is 13.7. The van der Waals surface area contributed by atoms with Gasteiger partial charge >= 0.3 is 0 Å². The summed E-state index contributed by atoms with van der Waals surface area (Å²) in [4.78, 5) is 0. The second-order valence-electron chi connectivity index (χ2n) is 4.69. The zero-order valence-electron chi connectivity index (χ0n) is 10.7. The molecule has 1 atom stereocenters. The van der Waals surface area contributed by atoms with Gasteiger partial charge in [0.2, 0.25) is 0 Å². The molecule has 2 aromatic rings. The van der Waals surface area contributed by atoms with E-state index in [1.165, 1.54) is 0 Å². The summed E-state index contributed by atoms with van der Waals surface area (Å²) in [6.07, 6.45) is 0. The first-order chi connectivity index (χ1) is 8.88. The van der Waals surface area contributed by atoms with Gasteiger partial charge in [-0.05, 0) is 25.5 Å². The predicted octanol–water partition coefficient (Wildman–Crippen LogP) is 3.77. The van der Waals surface area contributed by atoms with Crippen molar-refractivity contribution in [3.63, 3.8) is 0 Å². The van der Waals surface area contributed by atoms with Gasteiger partial charge in [0.25, 0.3) is 0 Å². The van der Waals surface area contributed by atoms with Crippen LogP contribution in [-0.2, 0) is 0 Å². The van der Waals surface area contributed by atoms with Crippen LogP contribution >= 0.6 is 0 Å². The molecule has 4 heteroatoms. The lowest BCUT2D eigenvalue weighted by Crippen LogP contribution is -2.15. The molecule has 1 unspecified atom stereocenters. The van der Waals surface area contributed by atoms with Crippen LogP contribution in [0.4, 0.5) is 13.2 Å². The van der Waals surface area contributed by atoms with Crippen LogP contribution in [-0.4, -0.2) is 0 Å². The van der Waals surface area contributed by atoms with Gasteiger partial charge in [-0.3, -0.25) is 0 Å². The molecule has 0 saturated carbocycles. The predicted molar refractivity (Wildman–Crippen MR) is 68.3 cm³/mol. The molecule has 2 rings (SSSR count). The molecule has 0 bridgehead atoms. The third kappa shape index (κ3) is 2.79. The van der Waals surface area contributed by atoms with Gasteiger partial charge < -0.3 is 5.73 Å². The highest BCUT2D eigenvalue weighted by Crippen LogP contribution is 2.25. The smallest absolute Gasteiger partial charge is 0.161 e. The van der Waals surface area contributed by atoms with Crippen molar-refractivity contribution in [3.8, 4) is 0 Å². The average molecular weight is 265 g/mol. The van der Waals surface area contributed by atoms with E-state index in [9.17, 15) is 13.2 Å². The Morgan fingerprint density at radius 3 is 1.89 bits per heavy atom. The standard InChI is InChI=1S/C15H14F3N/c1-8-3-9(2)5-10(4-8)15(19)11-6-13(17)14(18)7-12(11)16/h3-7,15H,19H2,1-2H3. The zero-order valence-corrected chi connectivity index (χ0v) is 10.7. The minimum Gasteiger partial charge on any atom is -0.320 e. The first-order valence-corrected chi connectivity index (χ1v) is 5.86. The van der Waals surface area contributed by atoms with Crippen molar-refractivity contribution in [1.29, 1.82) is 0 Å². The zero-order chi connectivity index (χ0) is 14.2. The molecular formula is C15H14F3N. The highest BCUT2D eigenvalue weighted by Gasteiger charge is 2.17. The van der Waals surface area contributed by atoms with Gasteiger partial charge in [0, 0.05) is 11.6 Å². The molecule has 2 aromatic carbocycles. The SMILES string of the molecule is Cc1cc(C)cc(C(N)c2cc(F)c(F)cc2F)c1. The Morgan fingerprint density at radius 2 is 1.32 bits per heavy atom. The van der Waals surface area contributed by atoms with Crippen LogP contribution in [0.5, 0.6) is 0 Å². The van der Waals surface area contributed by atoms with Crippen molar-refractivity contribution in [3.05, 3.63) is 70.0 Å². The number of halogens is 3. The lowest BCUT2D eigenvalue weighted by atomic mass is 9.96. The summed E-state index contributed by atoms with van der Waals surface area (Å²) in [5.41, 5.74) is 8.52. The molecule has 0 aliphatic rings. The molecule has 0 aromatic heterocycles. The molecule has 0 fully saturated rings. The number of rotatable bonds is 2. The third-order valence-electron chi connectivity index (χ3n) is 2.98. The monoisotopic (exact) mass is 265 g/mol. The Hall–Kier alpha value is -1.81. The van der Waals surface area contributed by atoms with Crippen molar-refractivity contribution in [2.24, 2.45) is 5.73 Å². The quantitative estimate of drug-likeness (QED) is 0.822. The van der Waals surface area contributed by atoms with Crippen LogP contribution < -0.4 is 5.73 Å². The van der Waals surface area contributed by atoms with Crippen molar-refractivity contribution in [2.75, 3.05) is 0 Å². The number of hydrogen-bond acceptors (Lipinski definition) is 1. The molecule has 0 radical (unpaired) electrons. The average Bonchev–Trinajstić information content (AvgIpc) is 2.31. The fourth-order valence-corrected chi connectivity index (χ4v) is 2.15. The van der Waals surface area contributed by atoms with Gasteiger partial charge in [-0.1, -0.05) is 29.3 Å². The van der Waals surface area contributed by atoms with Crippen LogP contribution in [0.15, 0.2) is 30.3 Å². The summed E-state index contributed by atoms with van der Waals surface area (Å²) in [6.45, 7) is 3.79. The summed E-state index contributed by atoms with van der Waals surface area (Å²) >= 11 is 0. The van der Waals surface area contributed by atoms with Crippen LogP contribution in [0.25, 0.3) is 0 Å². The highest BCUT2D eigenvalue weighted by atomic mass is 19.2. The van der Waals surface area contributed by atoms with E-state index in [1.807, 2.05) is 19.9 Å². The molecule has 2 N–H and O–H groups in total. The minimum absolute atomic E-state index is 0.0519. The second kappa shape index (κ2) is 5.05. The van der Waals surface area contributed by atoms with E-state index in [2.05, 4.69) is 0 Å². The molecule has 0 saturated heterocycles. The molecule has 0 aliphatic carbocycles. The Bertz CT molecular complexity index is 603. The van der Waals surface area contributed by atoms with Crippen molar-refractivity contribution >= 4 is 0 Å². The van der Waals surface area contributed by atoms with Gasteiger partial charge in [-0.2, -0.15) is 0 Å². The lowest BCUT2D eigenvalue weighted by Gasteiger charge is -2.15. The molecule has 0 heterocycles. The number of benzene rings is 2. The van der Waals surface area contributed by atoms with E-state index in [0.717, 1.165) is 17.2 Å². The summed E-state index contributed by atoms with van der Waals surface area (Å²) < 4.78 is 39.8. The van der Waals surface area contributed by atoms with E-state index in [-0.39, 0.29) is 5.56 Å². The molecule has 100 valence electrons. The molecule has 0 amide bonds. The summed E-state index contributed by atoms with van der Waals surface area (Å²) in [5, 5.41) is 0. The largest absolute Gasteiger partial charge is 0.320 e. The molecule has 0 spiro atoms. The topological polar surface area (TPSA) is 26.0 Å². The lowest BCUT2D eigenvalue weighted by molar-refractivity contribution is 0.487. The molecule has 1 nitrogen and oxygen atoms in total. The van der Waals surface area contributed by atoms with Gasteiger partial charge in [0.05, 0.1) is 6.04 Å². The van der Waals surface area contributed by atoms with E-state index >= 15 is 0 Å². The fourth-order valence-electron chi connectivity index (χ4n) is 2.15. The first-order valence-electron chi connectivity index (χ1n) is 5.86. The summed E-state index contributed by atoms with van der Waals surface area (Å²) in [6, 6.07) is 6.07. The molecule has 0 aliphatic heterocycles. The van der Waals surface area contributed by atoms with Gasteiger partial charge in [-0.15, -0.1) is 0 Å². The van der Waals surface area contributed by atoms with E-state index in [1.54, 1.807) is 12.1 Å². The fraction of sp³-hybridized carbons (Fsp3) is 0.200. The Balaban J connectivity index is 2.49. The van der Waals surface area contributed by atoms with Crippen LogP contribution in [0.2, 0.25) is 0 Å². The normalized spacial score (nSPS) is 12.5. The Morgan fingerprint density at radius 1 is 0.789 bits per heavy atom. The van der Waals surface area contributed by atoms with E-state index < -0.39 is 23.5 Å². The van der Waals surface area contributed by atoms with Gasteiger partial charge in [0.15, 0.2) is 11.6 Å². The van der Waals surface area contributed by atoms with Crippen molar-refractivity contribution in [2.45, 2.75) is 19.9 Å². The maximum Gasteiger partial charge on any atom is 0.161 e. The number of hydrogen-bond donors (Lipinski definition) is 1. The number of nitrogens with two attached hydrogens (primary N) is 1. The third-order valence-corrected chi connectivity index (χ3v) is 2.98. The Kier molecular flexibility index (Phi) is 3.62. The second-order valence-corrected chi connectivity index (χ2v) is 4.69. The van der Waals surface area contributed by atoms with E-state index in [0.29, 0.717) is 11.6 Å². The molecular weight excluding hydrogens is 251 g/mol. The van der Waals surface area contributed by atoms with Gasteiger partial charge in [0.1, 0.15) is 5.82 Å². The highest BCUT2D eigenvalue weighted by molar-refractivity contribution is 5.37. The van der Waals surface area contributed by atoms with Gasteiger partial charge in [-0.25, -0.2) is 13.2 Å². The minimum atomic E-state index is -1.21. The van der Waals surface area contributed by atoms with Crippen LogP contribution in [0.1, 0.15) is 28.3 Å². The van der Waals surface area contributed by atoms with Crippen LogP contribution in [0.3, 0.4) is 0 Å². The molecule has 19 heavy (non-hydrogen) atoms. The van der Waals surface area contributed by atoms with Crippen LogP contribution in [0, 0.1) is 31.3 Å². The van der Waals surface area contributed by atoms with E-state index in [4.69, 9.17) is 5.73 Å².